The fourth-order valence-corrected chi connectivity index (χ4v) is 3.67. The highest BCUT2D eigenvalue weighted by atomic mass is 16.5. The Labute approximate surface area is 154 Å². The number of hydrogen-bond acceptors (Lipinski definition) is 3. The number of fused-ring (bicyclic) bond motifs is 1. The fraction of sp³-hybridized carbons (Fsp3) is 0.217. The largest absolute Gasteiger partial charge is 0.493 e. The molecule has 0 spiro atoms. The van der Waals surface area contributed by atoms with Crippen molar-refractivity contribution in [2.24, 2.45) is 0 Å². The van der Waals surface area contributed by atoms with Crippen LogP contribution >= 0.6 is 0 Å². The first-order valence-corrected chi connectivity index (χ1v) is 8.82. The molecular formula is C23H22O3. The Bertz CT molecular complexity index is 875. The maximum absolute atomic E-state index is 6.38. The molecular weight excluding hydrogens is 324 g/mol. The van der Waals surface area contributed by atoms with E-state index in [1.807, 2.05) is 24.3 Å². The van der Waals surface area contributed by atoms with Gasteiger partial charge in [0.1, 0.15) is 11.9 Å². The average molecular weight is 346 g/mol. The quantitative estimate of drug-likeness (QED) is 0.636. The average Bonchev–Trinajstić information content (AvgIpc) is 2.73. The Balaban J connectivity index is 1.83. The predicted molar refractivity (Wildman–Crippen MR) is 102 cm³/mol. The number of methoxy groups -OCH3 is 2. The summed E-state index contributed by atoms with van der Waals surface area (Å²) in [7, 11) is 3.31. The maximum atomic E-state index is 6.38. The van der Waals surface area contributed by atoms with Crippen LogP contribution in [0.5, 0.6) is 17.2 Å². The van der Waals surface area contributed by atoms with E-state index in [0.29, 0.717) is 5.75 Å². The van der Waals surface area contributed by atoms with Crippen molar-refractivity contribution in [3.8, 4) is 17.2 Å². The van der Waals surface area contributed by atoms with Crippen LogP contribution in [0, 0.1) is 0 Å². The van der Waals surface area contributed by atoms with Crippen LogP contribution in [0.2, 0.25) is 0 Å². The second-order valence-electron chi connectivity index (χ2n) is 6.46. The van der Waals surface area contributed by atoms with Gasteiger partial charge in [-0.2, -0.15) is 0 Å². The Morgan fingerprint density at radius 1 is 0.769 bits per heavy atom. The van der Waals surface area contributed by atoms with E-state index in [-0.39, 0.29) is 12.0 Å². The summed E-state index contributed by atoms with van der Waals surface area (Å²) in [5, 5.41) is 0. The van der Waals surface area contributed by atoms with Gasteiger partial charge in [0.05, 0.1) is 14.2 Å². The van der Waals surface area contributed by atoms with Gasteiger partial charge in [-0.15, -0.1) is 0 Å². The third-order valence-electron chi connectivity index (χ3n) is 4.98. The molecule has 132 valence electrons. The zero-order valence-corrected chi connectivity index (χ0v) is 15.0. The molecule has 1 aliphatic rings. The molecule has 3 aromatic carbocycles. The first-order chi connectivity index (χ1) is 12.8. The molecule has 0 N–H and O–H groups in total. The van der Waals surface area contributed by atoms with E-state index in [0.717, 1.165) is 23.5 Å². The molecule has 0 saturated heterocycles. The highest BCUT2D eigenvalue weighted by Crippen LogP contribution is 2.48. The second-order valence-corrected chi connectivity index (χ2v) is 6.46. The molecule has 0 aliphatic carbocycles. The second kappa shape index (κ2) is 7.12. The van der Waals surface area contributed by atoms with E-state index in [1.54, 1.807) is 14.2 Å². The van der Waals surface area contributed by atoms with Crippen molar-refractivity contribution in [3.63, 3.8) is 0 Å². The van der Waals surface area contributed by atoms with Crippen molar-refractivity contribution >= 4 is 0 Å². The first kappa shape index (κ1) is 16.5. The normalized spacial score (nSPS) is 18.5. The molecule has 0 aromatic heterocycles. The van der Waals surface area contributed by atoms with Crippen molar-refractivity contribution in [3.05, 3.63) is 89.5 Å². The molecule has 0 amide bonds. The lowest BCUT2D eigenvalue weighted by Crippen LogP contribution is -2.20. The van der Waals surface area contributed by atoms with Gasteiger partial charge in [-0.25, -0.2) is 0 Å². The Morgan fingerprint density at radius 2 is 1.35 bits per heavy atom. The molecule has 0 bridgehead atoms. The van der Waals surface area contributed by atoms with E-state index >= 15 is 0 Å². The molecule has 0 radical (unpaired) electrons. The zero-order chi connectivity index (χ0) is 17.9. The van der Waals surface area contributed by atoms with Gasteiger partial charge in [-0.3, -0.25) is 0 Å². The Hall–Kier alpha value is -2.94. The molecule has 1 aliphatic heterocycles. The third-order valence-corrected chi connectivity index (χ3v) is 4.98. The van der Waals surface area contributed by atoms with Crippen LogP contribution in [0.25, 0.3) is 0 Å². The van der Waals surface area contributed by atoms with Crippen molar-refractivity contribution < 1.29 is 14.2 Å². The molecule has 1 heterocycles. The highest BCUT2D eigenvalue weighted by Gasteiger charge is 2.31. The van der Waals surface area contributed by atoms with E-state index in [1.165, 1.54) is 11.1 Å². The lowest BCUT2D eigenvalue weighted by molar-refractivity contribution is 0.166. The third kappa shape index (κ3) is 3.01. The van der Waals surface area contributed by atoms with Gasteiger partial charge in [0.15, 0.2) is 11.5 Å². The Kier molecular flexibility index (Phi) is 4.53. The summed E-state index contributed by atoms with van der Waals surface area (Å²) in [4.78, 5) is 0. The molecule has 0 unspecified atom stereocenters. The first-order valence-electron chi connectivity index (χ1n) is 8.82. The van der Waals surface area contributed by atoms with E-state index in [2.05, 4.69) is 48.5 Å². The van der Waals surface area contributed by atoms with Crippen LogP contribution in [0.4, 0.5) is 0 Å². The summed E-state index contributed by atoms with van der Waals surface area (Å²) in [6, 6.07) is 25.0. The zero-order valence-electron chi connectivity index (χ0n) is 15.0. The minimum Gasteiger partial charge on any atom is -0.493 e. The number of rotatable bonds is 4. The summed E-state index contributed by atoms with van der Waals surface area (Å²) >= 11 is 0. The van der Waals surface area contributed by atoms with Gasteiger partial charge in [-0.05, 0) is 23.6 Å². The smallest absolute Gasteiger partial charge is 0.164 e. The number of ether oxygens (including phenoxy) is 3. The Morgan fingerprint density at radius 3 is 1.96 bits per heavy atom. The van der Waals surface area contributed by atoms with E-state index < -0.39 is 0 Å². The molecule has 26 heavy (non-hydrogen) atoms. The SMILES string of the molecule is COc1cc2c(cc1OC)[C@H](c1ccccc1)C[C@H](c1ccccc1)O2. The number of benzene rings is 3. The van der Waals surface area contributed by atoms with Crippen molar-refractivity contribution in [2.45, 2.75) is 18.4 Å². The molecule has 3 nitrogen and oxygen atoms in total. The van der Waals surface area contributed by atoms with Gasteiger partial charge in [0.2, 0.25) is 0 Å². The van der Waals surface area contributed by atoms with Crippen LogP contribution in [0.15, 0.2) is 72.8 Å². The van der Waals surface area contributed by atoms with Crippen LogP contribution in [-0.2, 0) is 0 Å². The molecule has 0 fully saturated rings. The maximum Gasteiger partial charge on any atom is 0.164 e. The predicted octanol–water partition coefficient (Wildman–Crippen LogP) is 5.36. The van der Waals surface area contributed by atoms with Gasteiger partial charge in [0.25, 0.3) is 0 Å². The summed E-state index contributed by atoms with van der Waals surface area (Å²) in [6.07, 6.45) is 0.892. The molecule has 4 rings (SSSR count). The van der Waals surface area contributed by atoms with E-state index in [9.17, 15) is 0 Å². The van der Waals surface area contributed by atoms with Gasteiger partial charge in [0, 0.05) is 17.5 Å². The van der Waals surface area contributed by atoms with Crippen molar-refractivity contribution in [1.82, 2.24) is 0 Å². The molecule has 3 heteroatoms. The van der Waals surface area contributed by atoms with Gasteiger partial charge in [-0.1, -0.05) is 60.7 Å². The molecule has 2 atom stereocenters. The molecule has 3 aromatic rings. The van der Waals surface area contributed by atoms with E-state index in [4.69, 9.17) is 14.2 Å². The van der Waals surface area contributed by atoms with Crippen LogP contribution in [0.1, 0.15) is 35.1 Å². The van der Waals surface area contributed by atoms with Crippen molar-refractivity contribution in [2.75, 3.05) is 14.2 Å². The van der Waals surface area contributed by atoms with Gasteiger partial charge < -0.3 is 14.2 Å². The monoisotopic (exact) mass is 346 g/mol. The number of hydrogen-bond donors (Lipinski definition) is 0. The fourth-order valence-electron chi connectivity index (χ4n) is 3.67. The topological polar surface area (TPSA) is 27.7 Å². The standard InChI is InChI=1S/C23H22O3/c1-24-22-14-19-18(16-9-5-3-6-10-16)13-20(17-11-7-4-8-12-17)26-21(19)15-23(22)25-2/h3-12,14-15,18,20H,13H2,1-2H3/t18-,20+/m0/s1. The van der Waals surface area contributed by atoms with Gasteiger partial charge >= 0.3 is 0 Å². The van der Waals surface area contributed by atoms with Crippen molar-refractivity contribution in [1.29, 1.82) is 0 Å². The minimum atomic E-state index is 0.00649. The lowest BCUT2D eigenvalue weighted by atomic mass is 9.82. The van der Waals surface area contributed by atoms with Crippen LogP contribution in [0.3, 0.4) is 0 Å². The lowest BCUT2D eigenvalue weighted by Gasteiger charge is -2.33. The summed E-state index contributed by atoms with van der Waals surface area (Å²) in [6.45, 7) is 0. The molecule has 0 saturated carbocycles. The summed E-state index contributed by atoms with van der Waals surface area (Å²) < 4.78 is 17.4. The van der Waals surface area contributed by atoms with Crippen LogP contribution < -0.4 is 14.2 Å². The summed E-state index contributed by atoms with van der Waals surface area (Å²) in [5.74, 6) is 2.52. The highest BCUT2D eigenvalue weighted by molar-refractivity contribution is 5.55. The summed E-state index contributed by atoms with van der Waals surface area (Å²) in [5.41, 5.74) is 3.61. The minimum absolute atomic E-state index is 0.00649. The van der Waals surface area contributed by atoms with Crippen LogP contribution in [-0.4, -0.2) is 14.2 Å².